The highest BCUT2D eigenvalue weighted by Gasteiger charge is 2.34. The average Bonchev–Trinajstić information content (AvgIpc) is 3.48. The molecule has 0 radical (unpaired) electrons. The molecule has 4 nitrogen and oxygen atoms in total. The van der Waals surface area contributed by atoms with Crippen LogP contribution < -0.4 is 0 Å². The Morgan fingerprint density at radius 3 is 1.81 bits per heavy atom. The molecule has 1 aliphatic rings. The summed E-state index contributed by atoms with van der Waals surface area (Å²) in [4.78, 5) is 25.9. The summed E-state index contributed by atoms with van der Waals surface area (Å²) in [5.74, 6) is -11.1. The second kappa shape index (κ2) is 7.48. The summed E-state index contributed by atoms with van der Waals surface area (Å²) < 4.78 is 76.3. The number of rotatable bonds is 2. The van der Waals surface area contributed by atoms with Gasteiger partial charge >= 0.3 is 0 Å². The molecule has 0 spiro atoms. The first-order chi connectivity index (χ1) is 17.2. The van der Waals surface area contributed by atoms with Crippen LogP contribution in [0.5, 0.6) is 0 Å². The largest absolute Gasteiger partial charge is 0.455 e. The molecule has 0 unspecified atom stereocenters. The predicted molar refractivity (Wildman–Crippen MR) is 121 cm³/mol. The number of aromatic nitrogens is 1. The summed E-state index contributed by atoms with van der Waals surface area (Å²) in [6, 6.07) is 13.1. The quantitative estimate of drug-likeness (QED) is 0.0899. The number of ketones is 2. The van der Waals surface area contributed by atoms with Gasteiger partial charge in [0.05, 0.1) is 22.3 Å². The molecule has 2 heterocycles. The fourth-order valence-corrected chi connectivity index (χ4v) is 4.55. The molecule has 0 saturated heterocycles. The second-order valence-electron chi connectivity index (χ2n) is 8.39. The van der Waals surface area contributed by atoms with Gasteiger partial charge in [0.15, 0.2) is 40.4 Å². The normalized spacial score (nSPS) is 13.3. The molecule has 6 rings (SSSR count). The van der Waals surface area contributed by atoms with Crippen molar-refractivity contribution in [1.82, 2.24) is 4.57 Å². The Morgan fingerprint density at radius 2 is 1.28 bits per heavy atom. The molecule has 5 aromatic rings. The lowest BCUT2D eigenvalue weighted by molar-refractivity contribution is 0.0990. The van der Waals surface area contributed by atoms with E-state index in [1.807, 2.05) is 24.3 Å². The minimum absolute atomic E-state index is 0.0597. The number of fused-ring (bicyclic) bond motifs is 3. The number of carbonyl (C=O) groups excluding carboxylic acids is 2. The molecule has 0 saturated carbocycles. The van der Waals surface area contributed by atoms with Gasteiger partial charge in [-0.15, -0.1) is 0 Å². The van der Waals surface area contributed by atoms with Gasteiger partial charge in [-0.25, -0.2) is 22.0 Å². The maximum Gasteiger partial charge on any atom is 0.200 e. The summed E-state index contributed by atoms with van der Waals surface area (Å²) >= 11 is 0. The van der Waals surface area contributed by atoms with Crippen molar-refractivity contribution in [1.29, 1.82) is 0 Å². The molecular formula is C27H12F5NO3. The van der Waals surface area contributed by atoms with Crippen molar-refractivity contribution < 1.29 is 36.0 Å². The van der Waals surface area contributed by atoms with Gasteiger partial charge in [-0.2, -0.15) is 0 Å². The maximum absolute atomic E-state index is 14.3. The van der Waals surface area contributed by atoms with E-state index < -0.39 is 46.2 Å². The Morgan fingerprint density at radius 1 is 0.750 bits per heavy atom. The minimum atomic E-state index is -2.25. The summed E-state index contributed by atoms with van der Waals surface area (Å²) in [5.41, 5.74) is -0.651. The molecule has 3 aromatic carbocycles. The maximum atomic E-state index is 14.3. The Hall–Kier alpha value is -4.53. The van der Waals surface area contributed by atoms with Crippen LogP contribution in [0.15, 0.2) is 58.5 Å². The summed E-state index contributed by atoms with van der Waals surface area (Å²) in [6.07, 6.45) is 1.27. The minimum Gasteiger partial charge on any atom is -0.455 e. The fraction of sp³-hybridized carbons (Fsp3) is 0.0370. The number of carbonyl (C=O) groups is 2. The number of furan rings is 1. The number of nitrogens with zero attached hydrogens (tertiary/aromatic N) is 1. The first kappa shape index (κ1) is 22.0. The van der Waals surface area contributed by atoms with Gasteiger partial charge in [0.2, 0.25) is 5.82 Å². The second-order valence-corrected chi connectivity index (χ2v) is 8.39. The van der Waals surface area contributed by atoms with Crippen LogP contribution in [0.2, 0.25) is 0 Å². The zero-order valence-electron chi connectivity index (χ0n) is 18.3. The van der Waals surface area contributed by atoms with E-state index in [2.05, 4.69) is 0 Å². The van der Waals surface area contributed by atoms with Crippen LogP contribution in [-0.4, -0.2) is 16.1 Å². The average molecular weight is 493 g/mol. The zero-order valence-corrected chi connectivity index (χ0v) is 18.3. The molecule has 2 aromatic heterocycles. The van der Waals surface area contributed by atoms with Crippen LogP contribution in [0.1, 0.15) is 26.5 Å². The molecule has 0 atom stereocenters. The Kier molecular flexibility index (Phi) is 4.57. The van der Waals surface area contributed by atoms with Gasteiger partial charge in [0.1, 0.15) is 5.76 Å². The van der Waals surface area contributed by atoms with Crippen LogP contribution in [0.25, 0.3) is 39.2 Å². The molecule has 36 heavy (non-hydrogen) atoms. The van der Waals surface area contributed by atoms with Crippen LogP contribution in [0, 0.1) is 29.1 Å². The van der Waals surface area contributed by atoms with Crippen molar-refractivity contribution in [3.05, 3.63) is 100 Å². The number of halogens is 5. The van der Waals surface area contributed by atoms with Crippen molar-refractivity contribution in [2.45, 2.75) is 0 Å². The topological polar surface area (TPSA) is 52.2 Å². The molecule has 0 bridgehead atoms. The predicted octanol–water partition coefficient (Wildman–Crippen LogP) is 6.75. The third-order valence-electron chi connectivity index (χ3n) is 6.37. The van der Waals surface area contributed by atoms with Crippen LogP contribution in [0.3, 0.4) is 0 Å². The Labute approximate surface area is 198 Å². The highest BCUT2D eigenvalue weighted by Crippen LogP contribution is 2.37. The third-order valence-corrected chi connectivity index (χ3v) is 6.37. The van der Waals surface area contributed by atoms with Crippen LogP contribution >= 0.6 is 0 Å². The van der Waals surface area contributed by atoms with Gasteiger partial charge in [-0.05, 0) is 29.0 Å². The molecule has 0 N–H and O–H groups in total. The zero-order chi connectivity index (χ0) is 25.5. The van der Waals surface area contributed by atoms with E-state index >= 15 is 0 Å². The van der Waals surface area contributed by atoms with Gasteiger partial charge in [-0.3, -0.25) is 9.59 Å². The van der Waals surface area contributed by atoms with Crippen molar-refractivity contribution >= 4 is 39.5 Å². The van der Waals surface area contributed by atoms with Gasteiger partial charge in [-0.1, -0.05) is 24.3 Å². The van der Waals surface area contributed by atoms with Gasteiger partial charge < -0.3 is 8.98 Å². The van der Waals surface area contributed by atoms with Gasteiger partial charge in [0.25, 0.3) is 0 Å². The third kappa shape index (κ3) is 2.92. The lowest BCUT2D eigenvalue weighted by atomic mass is 10.0. The van der Waals surface area contributed by atoms with E-state index in [0.717, 1.165) is 16.8 Å². The van der Waals surface area contributed by atoms with E-state index in [0.29, 0.717) is 0 Å². The SMILES string of the molecule is Cn1c(-c2c(F)c(F)c(F)c(F)c2F)cc2oc(C=C3C(=O)c4cc5ccccc5cc4C3=O)cc21. The monoisotopic (exact) mass is 493 g/mol. The number of hydrogen-bond acceptors (Lipinski definition) is 3. The van der Waals surface area contributed by atoms with Crippen molar-refractivity contribution in [2.24, 2.45) is 7.05 Å². The molecule has 9 heteroatoms. The van der Waals surface area contributed by atoms with Gasteiger partial charge in [0, 0.05) is 30.3 Å². The number of allylic oxidation sites excluding steroid dienone is 1. The molecule has 1 aliphatic carbocycles. The van der Waals surface area contributed by atoms with Crippen molar-refractivity contribution in [2.75, 3.05) is 0 Å². The number of benzene rings is 3. The summed E-state index contributed by atoms with van der Waals surface area (Å²) in [5, 5.41) is 1.62. The fourth-order valence-electron chi connectivity index (χ4n) is 4.55. The van der Waals surface area contributed by atoms with Crippen molar-refractivity contribution in [3.63, 3.8) is 0 Å². The highest BCUT2D eigenvalue weighted by molar-refractivity contribution is 6.42. The first-order valence-electron chi connectivity index (χ1n) is 10.6. The van der Waals surface area contributed by atoms with Crippen LogP contribution in [-0.2, 0) is 7.05 Å². The molecule has 0 aliphatic heterocycles. The van der Waals surface area contributed by atoms with E-state index in [1.54, 1.807) is 12.1 Å². The first-order valence-corrected chi connectivity index (χ1v) is 10.6. The molecular weight excluding hydrogens is 481 g/mol. The molecule has 178 valence electrons. The standard InChI is InChI=1S/C27H12F5NO3/c1-33-17-9-13(36-19(17)10-18(33)20-21(28)23(30)25(32)24(31)22(20)29)8-16-26(34)14-6-11-4-2-3-5-12(11)7-15(14)27(16)35/h2-10H,1H3. The number of aryl methyl sites for hydroxylation is 1. The van der Waals surface area contributed by atoms with Crippen LogP contribution in [0.4, 0.5) is 22.0 Å². The van der Waals surface area contributed by atoms with E-state index in [-0.39, 0.29) is 39.3 Å². The Balaban J connectivity index is 1.43. The lowest BCUT2D eigenvalue weighted by Crippen LogP contribution is -2.06. The Bertz CT molecular complexity index is 1760. The lowest BCUT2D eigenvalue weighted by Gasteiger charge is -2.09. The molecule has 0 amide bonds. The van der Waals surface area contributed by atoms with E-state index in [1.165, 1.54) is 23.8 Å². The number of Topliss-reactive ketones (excluding diaryl/α,β-unsaturated/α-hetero) is 2. The van der Waals surface area contributed by atoms with E-state index in [4.69, 9.17) is 4.42 Å². The summed E-state index contributed by atoms with van der Waals surface area (Å²) in [7, 11) is 1.36. The smallest absolute Gasteiger partial charge is 0.200 e. The van der Waals surface area contributed by atoms with E-state index in [9.17, 15) is 31.5 Å². The van der Waals surface area contributed by atoms with Crippen molar-refractivity contribution in [3.8, 4) is 11.3 Å². The number of hydrogen-bond donors (Lipinski definition) is 0. The molecule has 0 fully saturated rings. The summed E-state index contributed by atoms with van der Waals surface area (Å²) in [6.45, 7) is 0. The highest BCUT2D eigenvalue weighted by atomic mass is 19.2.